The topological polar surface area (TPSA) is 66.0 Å². The summed E-state index contributed by atoms with van der Waals surface area (Å²) in [6.45, 7) is 1.50. The Morgan fingerprint density at radius 3 is 2.65 bits per heavy atom. The lowest BCUT2D eigenvalue weighted by Gasteiger charge is -2.09. The molecule has 0 aliphatic rings. The number of rotatable bonds is 7. The van der Waals surface area contributed by atoms with Gasteiger partial charge in [-0.05, 0) is 42.3 Å². The molecule has 1 heterocycles. The minimum Gasteiger partial charge on any atom is -0.368 e. The molecule has 0 spiro atoms. The maximum atomic E-state index is 13.1. The van der Waals surface area contributed by atoms with Crippen LogP contribution in [0.3, 0.4) is 0 Å². The number of benzene rings is 2. The molecule has 0 aliphatic carbocycles. The summed E-state index contributed by atoms with van der Waals surface area (Å²) in [4.78, 5) is 16.3. The molecule has 0 saturated heterocycles. The standard InChI is InChI=1S/C20H21FN4O/c21-17-6-3-4-15(14-17)10-11-23-20(26)24-13-12-22-19-9-8-16-5-1-2-7-18(16)25-19/h1-9,14H,10-13H2,(H,22,25)(H2,23,24,26). The predicted octanol–water partition coefficient (Wildman–Crippen LogP) is 3.33. The van der Waals surface area contributed by atoms with Gasteiger partial charge in [0.1, 0.15) is 11.6 Å². The van der Waals surface area contributed by atoms with E-state index in [0.717, 1.165) is 22.3 Å². The van der Waals surface area contributed by atoms with E-state index in [0.29, 0.717) is 26.1 Å². The number of amides is 2. The van der Waals surface area contributed by atoms with E-state index in [2.05, 4.69) is 20.9 Å². The van der Waals surface area contributed by atoms with Crippen LogP contribution in [0.25, 0.3) is 10.9 Å². The van der Waals surface area contributed by atoms with Gasteiger partial charge in [0.25, 0.3) is 0 Å². The third-order valence-electron chi connectivity index (χ3n) is 3.90. The van der Waals surface area contributed by atoms with Crippen molar-refractivity contribution in [3.8, 4) is 0 Å². The van der Waals surface area contributed by atoms with Gasteiger partial charge in [0, 0.05) is 25.0 Å². The monoisotopic (exact) mass is 352 g/mol. The van der Waals surface area contributed by atoms with Crippen molar-refractivity contribution < 1.29 is 9.18 Å². The number of halogens is 1. The quantitative estimate of drug-likeness (QED) is 0.572. The van der Waals surface area contributed by atoms with Crippen molar-refractivity contribution in [2.45, 2.75) is 6.42 Å². The molecule has 3 N–H and O–H groups in total. The van der Waals surface area contributed by atoms with E-state index in [1.54, 1.807) is 6.07 Å². The Bertz CT molecular complexity index is 884. The molecule has 0 atom stereocenters. The molecule has 0 aliphatic heterocycles. The van der Waals surface area contributed by atoms with Crippen molar-refractivity contribution in [3.63, 3.8) is 0 Å². The highest BCUT2D eigenvalue weighted by Gasteiger charge is 2.01. The molecular formula is C20H21FN4O. The maximum Gasteiger partial charge on any atom is 0.314 e. The van der Waals surface area contributed by atoms with Gasteiger partial charge in [-0.2, -0.15) is 0 Å². The highest BCUT2D eigenvalue weighted by atomic mass is 19.1. The number of aromatic nitrogens is 1. The number of anilines is 1. The van der Waals surface area contributed by atoms with Gasteiger partial charge in [0.15, 0.2) is 0 Å². The van der Waals surface area contributed by atoms with Crippen molar-refractivity contribution in [1.82, 2.24) is 15.6 Å². The van der Waals surface area contributed by atoms with E-state index in [-0.39, 0.29) is 11.8 Å². The van der Waals surface area contributed by atoms with Gasteiger partial charge in [0.2, 0.25) is 0 Å². The Kier molecular flexibility index (Phi) is 5.98. The molecule has 0 fully saturated rings. The molecule has 134 valence electrons. The van der Waals surface area contributed by atoms with Crippen LogP contribution in [0.15, 0.2) is 60.7 Å². The van der Waals surface area contributed by atoms with E-state index in [4.69, 9.17) is 0 Å². The zero-order chi connectivity index (χ0) is 18.2. The first kappa shape index (κ1) is 17.7. The number of nitrogens with zero attached hydrogens (tertiary/aromatic N) is 1. The summed E-state index contributed by atoms with van der Waals surface area (Å²) < 4.78 is 13.1. The van der Waals surface area contributed by atoms with Crippen LogP contribution in [0, 0.1) is 5.82 Å². The Hall–Kier alpha value is -3.15. The van der Waals surface area contributed by atoms with E-state index in [1.165, 1.54) is 12.1 Å². The van der Waals surface area contributed by atoms with Crippen LogP contribution in [0.5, 0.6) is 0 Å². The van der Waals surface area contributed by atoms with E-state index < -0.39 is 0 Å². The summed E-state index contributed by atoms with van der Waals surface area (Å²) in [6.07, 6.45) is 0.588. The number of nitrogens with one attached hydrogen (secondary N) is 3. The van der Waals surface area contributed by atoms with E-state index in [1.807, 2.05) is 42.5 Å². The van der Waals surface area contributed by atoms with Crippen LogP contribution in [-0.2, 0) is 6.42 Å². The lowest BCUT2D eigenvalue weighted by Crippen LogP contribution is -2.38. The average Bonchev–Trinajstić information content (AvgIpc) is 2.65. The van der Waals surface area contributed by atoms with Crippen molar-refractivity contribution in [1.29, 1.82) is 0 Å². The fourth-order valence-corrected chi connectivity index (χ4v) is 2.61. The Balaban J connectivity index is 1.34. The highest BCUT2D eigenvalue weighted by Crippen LogP contribution is 2.14. The van der Waals surface area contributed by atoms with Crippen molar-refractivity contribution in [2.75, 3.05) is 25.0 Å². The second-order valence-electron chi connectivity index (χ2n) is 5.88. The van der Waals surface area contributed by atoms with Gasteiger partial charge < -0.3 is 16.0 Å². The number of carbonyl (C=O) groups excluding carboxylic acids is 1. The first-order valence-electron chi connectivity index (χ1n) is 8.56. The molecule has 3 aromatic rings. The van der Waals surface area contributed by atoms with E-state index in [9.17, 15) is 9.18 Å². The van der Waals surface area contributed by atoms with E-state index >= 15 is 0 Å². The lowest BCUT2D eigenvalue weighted by molar-refractivity contribution is 0.241. The number of hydrogen-bond acceptors (Lipinski definition) is 3. The number of hydrogen-bond donors (Lipinski definition) is 3. The van der Waals surface area contributed by atoms with Crippen molar-refractivity contribution in [3.05, 3.63) is 72.0 Å². The summed E-state index contributed by atoms with van der Waals surface area (Å²) in [6, 6.07) is 18.0. The minimum absolute atomic E-state index is 0.241. The van der Waals surface area contributed by atoms with Crippen LogP contribution in [-0.4, -0.2) is 30.6 Å². The third-order valence-corrected chi connectivity index (χ3v) is 3.90. The van der Waals surface area contributed by atoms with Crippen LogP contribution in [0.2, 0.25) is 0 Å². The lowest BCUT2D eigenvalue weighted by atomic mass is 10.1. The molecule has 0 saturated carbocycles. The summed E-state index contributed by atoms with van der Waals surface area (Å²) in [5, 5.41) is 9.81. The molecule has 6 heteroatoms. The first-order valence-corrected chi connectivity index (χ1v) is 8.56. The fraction of sp³-hybridized carbons (Fsp3) is 0.200. The second-order valence-corrected chi connectivity index (χ2v) is 5.88. The molecule has 0 unspecified atom stereocenters. The zero-order valence-electron chi connectivity index (χ0n) is 14.3. The Morgan fingerprint density at radius 2 is 1.77 bits per heavy atom. The predicted molar refractivity (Wildman–Crippen MR) is 102 cm³/mol. The summed E-state index contributed by atoms with van der Waals surface area (Å²) in [5.41, 5.74) is 1.79. The number of fused-ring (bicyclic) bond motifs is 1. The molecule has 0 bridgehead atoms. The number of carbonyl (C=O) groups is 1. The maximum absolute atomic E-state index is 13.1. The molecule has 3 rings (SSSR count). The summed E-state index contributed by atoms with van der Waals surface area (Å²) in [5.74, 6) is 0.511. The summed E-state index contributed by atoms with van der Waals surface area (Å²) in [7, 11) is 0. The van der Waals surface area contributed by atoms with Gasteiger partial charge in [-0.25, -0.2) is 14.2 Å². The Labute approximate surface area is 151 Å². The van der Waals surface area contributed by atoms with Gasteiger partial charge in [-0.1, -0.05) is 30.3 Å². The highest BCUT2D eigenvalue weighted by molar-refractivity contribution is 5.80. The first-order chi connectivity index (χ1) is 12.7. The van der Waals surface area contributed by atoms with Crippen LogP contribution < -0.4 is 16.0 Å². The number of pyridine rings is 1. The Morgan fingerprint density at radius 1 is 0.923 bits per heavy atom. The third kappa shape index (κ3) is 5.17. The largest absolute Gasteiger partial charge is 0.368 e. The smallest absolute Gasteiger partial charge is 0.314 e. The molecular weight excluding hydrogens is 331 g/mol. The number of para-hydroxylation sites is 1. The summed E-state index contributed by atoms with van der Waals surface area (Å²) >= 11 is 0. The fourth-order valence-electron chi connectivity index (χ4n) is 2.61. The normalized spacial score (nSPS) is 10.5. The molecule has 0 radical (unpaired) electrons. The van der Waals surface area contributed by atoms with Crippen LogP contribution in [0.4, 0.5) is 15.0 Å². The molecule has 26 heavy (non-hydrogen) atoms. The van der Waals surface area contributed by atoms with Gasteiger partial charge >= 0.3 is 6.03 Å². The SMILES string of the molecule is O=C(NCCNc1ccc2ccccc2n1)NCCc1cccc(F)c1. The van der Waals surface area contributed by atoms with Gasteiger partial charge in [-0.15, -0.1) is 0 Å². The molecule has 2 aromatic carbocycles. The van der Waals surface area contributed by atoms with Crippen molar-refractivity contribution >= 4 is 22.8 Å². The minimum atomic E-state index is -0.264. The second kappa shape index (κ2) is 8.80. The number of urea groups is 1. The molecule has 5 nitrogen and oxygen atoms in total. The van der Waals surface area contributed by atoms with Gasteiger partial charge in [-0.3, -0.25) is 0 Å². The molecule has 2 amide bonds. The van der Waals surface area contributed by atoms with Crippen molar-refractivity contribution in [2.24, 2.45) is 0 Å². The van der Waals surface area contributed by atoms with Gasteiger partial charge in [0.05, 0.1) is 5.52 Å². The average molecular weight is 352 g/mol. The van der Waals surface area contributed by atoms with Crippen LogP contribution >= 0.6 is 0 Å². The molecule has 1 aromatic heterocycles. The zero-order valence-corrected chi connectivity index (χ0v) is 14.3. The van der Waals surface area contributed by atoms with Crippen LogP contribution in [0.1, 0.15) is 5.56 Å².